The van der Waals surface area contributed by atoms with Gasteiger partial charge in [-0.1, -0.05) is 11.6 Å². The van der Waals surface area contributed by atoms with Crippen LogP contribution >= 0.6 is 11.6 Å². The number of amides is 1. The highest BCUT2D eigenvalue weighted by Crippen LogP contribution is 2.27. The summed E-state index contributed by atoms with van der Waals surface area (Å²) in [6.45, 7) is 1.69. The van der Waals surface area contributed by atoms with Crippen molar-refractivity contribution in [2.75, 3.05) is 12.4 Å². The van der Waals surface area contributed by atoms with Crippen molar-refractivity contribution >= 4 is 23.2 Å². The Morgan fingerprint density at radius 3 is 2.94 bits per heavy atom. The Kier molecular flexibility index (Phi) is 4.80. The second kappa shape index (κ2) is 6.12. The van der Waals surface area contributed by atoms with Gasteiger partial charge in [-0.15, -0.1) is 0 Å². The molecule has 1 aromatic carbocycles. The smallest absolute Gasteiger partial charge is 0.225 e. The van der Waals surface area contributed by atoms with E-state index in [1.54, 1.807) is 25.1 Å². The van der Waals surface area contributed by atoms with Crippen LogP contribution in [0.1, 0.15) is 13.3 Å². The largest absolute Gasteiger partial charge is 0.495 e. The number of nitriles is 1. The normalized spacial score (nSPS) is 11.4. The van der Waals surface area contributed by atoms with Crippen molar-refractivity contribution in [3.63, 3.8) is 0 Å². The molecular formula is C12H13ClN2O2. The lowest BCUT2D eigenvalue weighted by Crippen LogP contribution is -2.15. The molecule has 0 aromatic heterocycles. The molecule has 1 amide bonds. The average Bonchev–Trinajstić information content (AvgIpc) is 2.29. The monoisotopic (exact) mass is 252 g/mol. The molecule has 0 fully saturated rings. The summed E-state index contributed by atoms with van der Waals surface area (Å²) >= 11 is 5.83. The number of hydrogen-bond donors (Lipinski definition) is 1. The van der Waals surface area contributed by atoms with Gasteiger partial charge in [0.2, 0.25) is 5.91 Å². The van der Waals surface area contributed by atoms with E-state index in [2.05, 4.69) is 5.32 Å². The fourth-order valence-corrected chi connectivity index (χ4v) is 1.47. The summed E-state index contributed by atoms with van der Waals surface area (Å²) in [5.41, 5.74) is 0.509. The maximum Gasteiger partial charge on any atom is 0.225 e. The number of carbonyl (C=O) groups excluding carboxylic acids is 1. The maximum atomic E-state index is 11.6. The fraction of sp³-hybridized carbons (Fsp3) is 0.333. The second-order valence-electron chi connectivity index (χ2n) is 3.63. The summed E-state index contributed by atoms with van der Waals surface area (Å²) in [4.78, 5) is 11.6. The molecule has 0 aliphatic rings. The van der Waals surface area contributed by atoms with E-state index in [9.17, 15) is 4.79 Å². The Morgan fingerprint density at radius 2 is 2.35 bits per heavy atom. The molecule has 1 aromatic rings. The third-order valence-corrected chi connectivity index (χ3v) is 2.38. The number of ether oxygens (including phenoxy) is 1. The Bertz CT molecular complexity index is 454. The van der Waals surface area contributed by atoms with Gasteiger partial charge in [-0.25, -0.2) is 0 Å². The van der Waals surface area contributed by atoms with Crippen molar-refractivity contribution in [3.8, 4) is 11.8 Å². The van der Waals surface area contributed by atoms with Crippen LogP contribution in [0.2, 0.25) is 5.02 Å². The highest BCUT2D eigenvalue weighted by Gasteiger charge is 2.11. The summed E-state index contributed by atoms with van der Waals surface area (Å²) < 4.78 is 5.09. The lowest BCUT2D eigenvalue weighted by molar-refractivity contribution is -0.116. The van der Waals surface area contributed by atoms with E-state index in [4.69, 9.17) is 21.6 Å². The first kappa shape index (κ1) is 13.3. The quantitative estimate of drug-likeness (QED) is 0.896. The van der Waals surface area contributed by atoms with E-state index < -0.39 is 0 Å². The number of anilines is 1. The molecule has 1 N–H and O–H groups in total. The maximum absolute atomic E-state index is 11.6. The molecule has 0 saturated heterocycles. The molecule has 1 rings (SSSR count). The minimum atomic E-state index is -0.319. The van der Waals surface area contributed by atoms with Crippen LogP contribution < -0.4 is 10.1 Å². The lowest BCUT2D eigenvalue weighted by Gasteiger charge is -2.10. The summed E-state index contributed by atoms with van der Waals surface area (Å²) in [6, 6.07) is 6.96. The van der Waals surface area contributed by atoms with Crippen LogP contribution in [0.25, 0.3) is 0 Å². The Morgan fingerprint density at radius 1 is 1.65 bits per heavy atom. The van der Waals surface area contributed by atoms with E-state index in [1.807, 2.05) is 6.07 Å². The standard InChI is InChI=1S/C12H13ClN2O2/c1-8(7-14)5-12(16)15-10-6-9(13)3-4-11(10)17-2/h3-4,6,8H,5H2,1-2H3,(H,15,16). The van der Waals surface area contributed by atoms with E-state index >= 15 is 0 Å². The average molecular weight is 253 g/mol. The fourth-order valence-electron chi connectivity index (χ4n) is 1.30. The number of methoxy groups -OCH3 is 1. The number of nitrogens with one attached hydrogen (secondary N) is 1. The van der Waals surface area contributed by atoms with Gasteiger partial charge in [0.25, 0.3) is 0 Å². The zero-order valence-corrected chi connectivity index (χ0v) is 10.4. The van der Waals surface area contributed by atoms with Crippen molar-refractivity contribution in [2.24, 2.45) is 5.92 Å². The van der Waals surface area contributed by atoms with Gasteiger partial charge < -0.3 is 10.1 Å². The van der Waals surface area contributed by atoms with Crippen LogP contribution in [-0.4, -0.2) is 13.0 Å². The van der Waals surface area contributed by atoms with Gasteiger partial charge in [-0.05, 0) is 25.1 Å². The molecule has 0 aliphatic heterocycles. The van der Waals surface area contributed by atoms with Crippen LogP contribution in [0.4, 0.5) is 5.69 Å². The Labute approximate surface area is 105 Å². The lowest BCUT2D eigenvalue weighted by atomic mass is 10.1. The highest BCUT2D eigenvalue weighted by atomic mass is 35.5. The third kappa shape index (κ3) is 3.97. The molecule has 90 valence electrons. The number of carbonyl (C=O) groups is 1. The van der Waals surface area contributed by atoms with Crippen molar-refractivity contribution < 1.29 is 9.53 Å². The molecule has 0 saturated carbocycles. The first-order chi connectivity index (χ1) is 8.06. The summed E-state index contributed by atoms with van der Waals surface area (Å²) in [5, 5.41) is 11.8. The molecule has 4 nitrogen and oxygen atoms in total. The molecule has 0 aliphatic carbocycles. The molecule has 1 atom stereocenters. The molecule has 0 spiro atoms. The topological polar surface area (TPSA) is 62.1 Å². The zero-order chi connectivity index (χ0) is 12.8. The van der Waals surface area contributed by atoms with Gasteiger partial charge in [-0.2, -0.15) is 5.26 Å². The van der Waals surface area contributed by atoms with Gasteiger partial charge >= 0.3 is 0 Å². The van der Waals surface area contributed by atoms with Crippen molar-refractivity contribution in [3.05, 3.63) is 23.2 Å². The van der Waals surface area contributed by atoms with Gasteiger partial charge in [0.05, 0.1) is 24.8 Å². The summed E-state index contributed by atoms with van der Waals surface area (Å²) in [6.07, 6.45) is 0.145. The number of halogens is 1. The predicted molar refractivity (Wildman–Crippen MR) is 66.0 cm³/mol. The van der Waals surface area contributed by atoms with Crippen molar-refractivity contribution in [2.45, 2.75) is 13.3 Å². The summed E-state index contributed by atoms with van der Waals surface area (Å²) in [7, 11) is 1.51. The van der Waals surface area contributed by atoms with Crippen LogP contribution in [0.15, 0.2) is 18.2 Å². The van der Waals surface area contributed by atoms with Crippen LogP contribution in [0.3, 0.4) is 0 Å². The number of rotatable bonds is 4. The minimum Gasteiger partial charge on any atom is -0.495 e. The molecule has 0 heterocycles. The van der Waals surface area contributed by atoms with Gasteiger partial charge in [0, 0.05) is 11.4 Å². The summed E-state index contributed by atoms with van der Waals surface area (Å²) in [5.74, 6) is -0.0212. The van der Waals surface area contributed by atoms with Gasteiger partial charge in [0.1, 0.15) is 5.75 Å². The Balaban J connectivity index is 2.77. The Hall–Kier alpha value is -1.73. The first-order valence-electron chi connectivity index (χ1n) is 5.09. The zero-order valence-electron chi connectivity index (χ0n) is 9.66. The molecular weight excluding hydrogens is 240 g/mol. The second-order valence-corrected chi connectivity index (χ2v) is 4.06. The number of hydrogen-bond acceptors (Lipinski definition) is 3. The SMILES string of the molecule is COc1ccc(Cl)cc1NC(=O)CC(C)C#N. The minimum absolute atomic E-state index is 0.145. The van der Waals surface area contributed by atoms with E-state index in [0.717, 1.165) is 0 Å². The van der Waals surface area contributed by atoms with Crippen molar-refractivity contribution in [1.82, 2.24) is 0 Å². The van der Waals surface area contributed by atoms with E-state index in [1.165, 1.54) is 7.11 Å². The predicted octanol–water partition coefficient (Wildman–Crippen LogP) is 2.84. The van der Waals surface area contributed by atoms with Crippen LogP contribution in [0, 0.1) is 17.2 Å². The highest BCUT2D eigenvalue weighted by molar-refractivity contribution is 6.31. The van der Waals surface area contributed by atoms with Gasteiger partial charge in [0.15, 0.2) is 0 Å². The number of benzene rings is 1. The molecule has 0 radical (unpaired) electrons. The third-order valence-electron chi connectivity index (χ3n) is 2.15. The number of nitrogens with zero attached hydrogens (tertiary/aromatic N) is 1. The van der Waals surface area contributed by atoms with Crippen LogP contribution in [0.5, 0.6) is 5.75 Å². The van der Waals surface area contributed by atoms with E-state index in [0.29, 0.717) is 16.5 Å². The molecule has 0 bridgehead atoms. The van der Waals surface area contributed by atoms with Crippen LogP contribution in [-0.2, 0) is 4.79 Å². The van der Waals surface area contributed by atoms with E-state index in [-0.39, 0.29) is 18.2 Å². The first-order valence-corrected chi connectivity index (χ1v) is 5.47. The van der Waals surface area contributed by atoms with Gasteiger partial charge in [-0.3, -0.25) is 4.79 Å². The molecule has 5 heteroatoms. The van der Waals surface area contributed by atoms with Crippen molar-refractivity contribution in [1.29, 1.82) is 5.26 Å². The molecule has 17 heavy (non-hydrogen) atoms. The molecule has 1 unspecified atom stereocenters.